The van der Waals surface area contributed by atoms with E-state index in [9.17, 15) is 8.42 Å². The molecule has 0 aromatic heterocycles. The number of hydrazine groups is 1. The molecule has 7 nitrogen and oxygen atoms in total. The number of benzene rings is 2. The van der Waals surface area contributed by atoms with Gasteiger partial charge >= 0.3 is 0 Å². The first kappa shape index (κ1) is 21.3. The lowest BCUT2D eigenvalue weighted by atomic mass is 10.1. The minimum absolute atomic E-state index is 0.153. The van der Waals surface area contributed by atoms with Crippen LogP contribution in [0.4, 0.5) is 5.69 Å². The number of fused-ring (bicyclic) bond motifs is 1. The topological polar surface area (TPSA) is 94.0 Å². The Balaban J connectivity index is 0.00000117. The third-order valence-electron chi connectivity index (χ3n) is 4.08. The average Bonchev–Trinajstić information content (AvgIpc) is 3.11. The van der Waals surface area contributed by atoms with E-state index in [0.29, 0.717) is 12.2 Å². The van der Waals surface area contributed by atoms with Crippen LogP contribution in [0.3, 0.4) is 0 Å². The summed E-state index contributed by atoms with van der Waals surface area (Å²) in [5.74, 6) is 1.50. The fourth-order valence-electron chi connectivity index (χ4n) is 2.78. The molecule has 0 unspecified atom stereocenters. The van der Waals surface area contributed by atoms with Gasteiger partial charge in [0.2, 0.25) is 0 Å². The zero-order chi connectivity index (χ0) is 21.0. The van der Waals surface area contributed by atoms with Gasteiger partial charge in [-0.1, -0.05) is 60.1 Å². The highest BCUT2D eigenvalue weighted by atomic mass is 79.9. The molecular weight excluding hydrogens is 456 g/mol. The lowest BCUT2D eigenvalue weighted by Crippen LogP contribution is -2.36. The summed E-state index contributed by atoms with van der Waals surface area (Å²) in [4.78, 5) is 4.56. The number of anilines is 1. The van der Waals surface area contributed by atoms with Gasteiger partial charge in [-0.2, -0.15) is 8.42 Å². The summed E-state index contributed by atoms with van der Waals surface area (Å²) in [6.45, 7) is 4.61. The minimum Gasteiger partial charge on any atom is -0.340 e. The standard InChI is InChI=1S/C18H15BrN4O3S.C2H6/c19-15-11-20-23-17(21-13-6-8-14(9-7-13)27(24,25)26)10-16(22-18(15)23)12-4-2-1-3-5-12;1-2/h1-10,20-21H,11H2,(H,24,25,26);1-2H3. The molecule has 0 bridgehead atoms. The van der Waals surface area contributed by atoms with Gasteiger partial charge in [0.1, 0.15) is 5.82 Å². The number of hydrogen-bond donors (Lipinski definition) is 3. The molecule has 2 aromatic rings. The Morgan fingerprint density at radius 2 is 1.76 bits per heavy atom. The fraction of sp³-hybridized carbons (Fsp3) is 0.150. The molecule has 0 aliphatic carbocycles. The molecule has 0 spiro atoms. The molecule has 0 fully saturated rings. The second-order valence-corrected chi connectivity index (χ2v) is 8.29. The van der Waals surface area contributed by atoms with Crippen molar-refractivity contribution in [3.8, 4) is 0 Å². The number of rotatable bonds is 4. The van der Waals surface area contributed by atoms with Gasteiger partial charge < -0.3 is 5.32 Å². The predicted molar refractivity (Wildman–Crippen MR) is 118 cm³/mol. The van der Waals surface area contributed by atoms with E-state index >= 15 is 0 Å². The third kappa shape index (κ3) is 4.76. The molecule has 0 amide bonds. The SMILES string of the molecule is CC.O=S(=O)(O)c1ccc(NC2=CC(c3ccccc3)=NC3=C(Br)CNN23)cc1. The van der Waals surface area contributed by atoms with E-state index in [1.54, 1.807) is 12.1 Å². The Morgan fingerprint density at radius 1 is 1.10 bits per heavy atom. The van der Waals surface area contributed by atoms with E-state index in [0.717, 1.165) is 27.4 Å². The van der Waals surface area contributed by atoms with E-state index in [4.69, 9.17) is 9.55 Å². The fourth-order valence-corrected chi connectivity index (χ4v) is 3.65. The monoisotopic (exact) mass is 476 g/mol. The number of allylic oxidation sites excluding steroid dienone is 1. The summed E-state index contributed by atoms with van der Waals surface area (Å²) in [5.41, 5.74) is 5.69. The molecule has 2 aromatic carbocycles. The van der Waals surface area contributed by atoms with Crippen LogP contribution in [0.25, 0.3) is 0 Å². The van der Waals surface area contributed by atoms with Crippen molar-refractivity contribution >= 4 is 37.4 Å². The summed E-state index contributed by atoms with van der Waals surface area (Å²) in [6.07, 6.45) is 1.91. The van der Waals surface area contributed by atoms with Crippen molar-refractivity contribution in [1.29, 1.82) is 0 Å². The van der Waals surface area contributed by atoms with E-state index < -0.39 is 10.1 Å². The van der Waals surface area contributed by atoms with Crippen molar-refractivity contribution < 1.29 is 13.0 Å². The molecule has 0 radical (unpaired) electrons. The smallest absolute Gasteiger partial charge is 0.294 e. The first-order valence-electron chi connectivity index (χ1n) is 9.04. The number of halogens is 1. The zero-order valence-corrected chi connectivity index (χ0v) is 18.3. The van der Waals surface area contributed by atoms with E-state index in [2.05, 4.69) is 26.7 Å². The van der Waals surface area contributed by atoms with Crippen molar-refractivity contribution in [2.75, 3.05) is 11.9 Å². The van der Waals surface area contributed by atoms with Gasteiger partial charge in [0, 0.05) is 17.3 Å². The molecule has 2 aliphatic rings. The van der Waals surface area contributed by atoms with Crippen LogP contribution in [0.15, 0.2) is 86.7 Å². The molecule has 2 aliphatic heterocycles. The van der Waals surface area contributed by atoms with E-state index in [1.165, 1.54) is 12.1 Å². The van der Waals surface area contributed by atoms with Crippen molar-refractivity contribution in [2.24, 2.45) is 4.99 Å². The summed E-state index contributed by atoms with van der Waals surface area (Å²) in [5, 5.41) is 5.09. The molecule has 0 saturated carbocycles. The second kappa shape index (κ2) is 8.91. The third-order valence-corrected chi connectivity index (χ3v) is 5.58. The molecule has 2 heterocycles. The van der Waals surface area contributed by atoms with Crippen LogP contribution in [0.5, 0.6) is 0 Å². The second-order valence-electron chi connectivity index (χ2n) is 5.92. The number of nitrogens with zero attached hydrogens (tertiary/aromatic N) is 2. The quantitative estimate of drug-likeness (QED) is 0.575. The minimum atomic E-state index is -4.22. The van der Waals surface area contributed by atoms with Gasteiger partial charge in [0.05, 0.1) is 21.6 Å². The molecule has 4 rings (SSSR count). The van der Waals surface area contributed by atoms with E-state index in [-0.39, 0.29) is 4.90 Å². The van der Waals surface area contributed by atoms with Crippen LogP contribution in [0.2, 0.25) is 0 Å². The normalized spacial score (nSPS) is 15.8. The maximum atomic E-state index is 11.2. The molecule has 0 saturated heterocycles. The molecule has 29 heavy (non-hydrogen) atoms. The average molecular weight is 477 g/mol. The first-order chi connectivity index (χ1) is 13.9. The van der Waals surface area contributed by atoms with Crippen LogP contribution in [-0.2, 0) is 10.1 Å². The number of hydrogen-bond acceptors (Lipinski definition) is 6. The number of aliphatic imine (C=N–C) groups is 1. The van der Waals surface area contributed by atoms with E-state index in [1.807, 2.05) is 55.3 Å². The first-order valence-corrected chi connectivity index (χ1v) is 11.3. The van der Waals surface area contributed by atoms with Gasteiger partial charge in [0.25, 0.3) is 10.1 Å². The molecule has 9 heteroatoms. The maximum Gasteiger partial charge on any atom is 0.294 e. The molecule has 152 valence electrons. The zero-order valence-electron chi connectivity index (χ0n) is 15.9. The summed E-state index contributed by atoms with van der Waals surface area (Å²) in [7, 11) is -4.22. The van der Waals surface area contributed by atoms with Crippen molar-refractivity contribution in [3.05, 3.63) is 82.4 Å². The van der Waals surface area contributed by atoms with Gasteiger partial charge in [0.15, 0.2) is 5.82 Å². The Labute approximate surface area is 178 Å². The summed E-state index contributed by atoms with van der Waals surface area (Å²) >= 11 is 3.54. The highest BCUT2D eigenvalue weighted by Crippen LogP contribution is 2.30. The highest BCUT2D eigenvalue weighted by molar-refractivity contribution is 9.11. The molecule has 0 atom stereocenters. The van der Waals surface area contributed by atoms with Crippen LogP contribution >= 0.6 is 15.9 Å². The highest BCUT2D eigenvalue weighted by Gasteiger charge is 2.28. The molecule has 3 N–H and O–H groups in total. The number of nitrogens with one attached hydrogen (secondary N) is 2. The van der Waals surface area contributed by atoms with Gasteiger partial charge in [-0.15, -0.1) is 0 Å². The summed E-state index contributed by atoms with van der Waals surface area (Å²) < 4.78 is 32.4. The maximum absolute atomic E-state index is 11.2. The van der Waals surface area contributed by atoms with Crippen molar-refractivity contribution in [3.63, 3.8) is 0 Å². The Hall–Kier alpha value is -2.46. The Kier molecular flexibility index (Phi) is 6.53. The molecular formula is C20H21BrN4O3S. The van der Waals surface area contributed by atoms with Crippen molar-refractivity contribution in [2.45, 2.75) is 18.7 Å². The van der Waals surface area contributed by atoms with Crippen LogP contribution in [-0.4, -0.2) is 30.2 Å². The Bertz CT molecular complexity index is 1080. The lowest BCUT2D eigenvalue weighted by Gasteiger charge is -2.27. The van der Waals surface area contributed by atoms with Gasteiger partial charge in [-0.05, 0) is 24.3 Å². The summed E-state index contributed by atoms with van der Waals surface area (Å²) in [6, 6.07) is 15.7. The van der Waals surface area contributed by atoms with Gasteiger partial charge in [-0.3, -0.25) is 4.55 Å². The van der Waals surface area contributed by atoms with Crippen LogP contribution in [0.1, 0.15) is 19.4 Å². The predicted octanol–water partition coefficient (Wildman–Crippen LogP) is 4.10. The largest absolute Gasteiger partial charge is 0.340 e. The Morgan fingerprint density at radius 3 is 2.38 bits per heavy atom. The van der Waals surface area contributed by atoms with Crippen molar-refractivity contribution in [1.82, 2.24) is 10.4 Å². The van der Waals surface area contributed by atoms with Crippen LogP contribution < -0.4 is 10.7 Å². The van der Waals surface area contributed by atoms with Gasteiger partial charge in [-0.25, -0.2) is 15.4 Å². The lowest BCUT2D eigenvalue weighted by molar-refractivity contribution is 0.353. The van der Waals surface area contributed by atoms with Crippen LogP contribution in [0, 0.1) is 0 Å².